The van der Waals surface area contributed by atoms with Gasteiger partial charge in [0.05, 0.1) is 25.3 Å². The number of aliphatic hydroxyl groups excluding tert-OH is 1. The van der Waals surface area contributed by atoms with Crippen molar-refractivity contribution >= 4 is 17.4 Å². The van der Waals surface area contributed by atoms with E-state index in [0.717, 1.165) is 37.9 Å². The third-order valence-electron chi connectivity index (χ3n) is 7.98. The van der Waals surface area contributed by atoms with E-state index in [1.165, 1.54) is 0 Å². The number of hydrogen-bond donors (Lipinski definition) is 1. The minimum absolute atomic E-state index is 0.0474. The predicted octanol–water partition coefficient (Wildman–Crippen LogP) is 6.61. The highest BCUT2D eigenvalue weighted by atomic mass is 16.5. The van der Waals surface area contributed by atoms with Gasteiger partial charge in [-0.2, -0.15) is 0 Å². The lowest BCUT2D eigenvalue weighted by atomic mass is 9.95. The van der Waals surface area contributed by atoms with E-state index < -0.39 is 17.7 Å². The van der Waals surface area contributed by atoms with Crippen molar-refractivity contribution in [3.05, 3.63) is 95.1 Å². The van der Waals surface area contributed by atoms with Crippen LogP contribution < -0.4 is 14.2 Å². The second kappa shape index (κ2) is 16.0. The first-order valence-electron chi connectivity index (χ1n) is 15.5. The van der Waals surface area contributed by atoms with Crippen LogP contribution in [0.5, 0.6) is 17.2 Å². The molecule has 0 bridgehead atoms. The van der Waals surface area contributed by atoms with Gasteiger partial charge < -0.3 is 29.1 Å². The summed E-state index contributed by atoms with van der Waals surface area (Å²) >= 11 is 0. The number of benzene rings is 3. The van der Waals surface area contributed by atoms with E-state index in [9.17, 15) is 14.7 Å². The monoisotopic (exact) mass is 600 g/mol. The van der Waals surface area contributed by atoms with Crippen molar-refractivity contribution in [3.63, 3.8) is 0 Å². The molecule has 8 heteroatoms. The van der Waals surface area contributed by atoms with Crippen molar-refractivity contribution in [1.29, 1.82) is 0 Å². The van der Waals surface area contributed by atoms with Gasteiger partial charge in [-0.25, -0.2) is 0 Å². The van der Waals surface area contributed by atoms with E-state index in [1.54, 1.807) is 42.3 Å². The first-order chi connectivity index (χ1) is 21.4. The van der Waals surface area contributed by atoms with Crippen LogP contribution in [0.2, 0.25) is 0 Å². The molecule has 0 aliphatic carbocycles. The predicted molar refractivity (Wildman–Crippen MR) is 172 cm³/mol. The van der Waals surface area contributed by atoms with Crippen molar-refractivity contribution in [2.45, 2.75) is 52.7 Å². The van der Waals surface area contributed by atoms with Gasteiger partial charge in [0.1, 0.15) is 18.1 Å². The van der Waals surface area contributed by atoms with Gasteiger partial charge in [0.25, 0.3) is 11.7 Å². The maximum atomic E-state index is 13.5. The lowest BCUT2D eigenvalue weighted by Crippen LogP contribution is -2.38. The molecule has 4 rings (SSSR count). The number of unbranched alkanes of at least 4 members (excludes halogenated alkanes) is 2. The molecule has 1 unspecified atom stereocenters. The lowest BCUT2D eigenvalue weighted by Gasteiger charge is -2.28. The van der Waals surface area contributed by atoms with E-state index in [0.29, 0.717) is 54.7 Å². The average Bonchev–Trinajstić information content (AvgIpc) is 3.31. The standard InChI is InChI=1S/C36H44N2O6/c1-5-8-12-23-43-30-20-17-28(24-31(30)42-4)33-32(35(40)36(41)38(33)22-21-37(6-2)7-3)34(39)27-15-18-29(19-16-27)44-25-26-13-10-9-11-14-26/h9-11,13-20,24,33,39H,5-8,12,21-23,25H2,1-4H3/b34-32+. The van der Waals surface area contributed by atoms with Crippen molar-refractivity contribution < 1.29 is 28.9 Å². The molecule has 1 atom stereocenters. The van der Waals surface area contributed by atoms with Gasteiger partial charge in [0, 0.05) is 18.7 Å². The van der Waals surface area contributed by atoms with Crippen LogP contribution in [-0.4, -0.2) is 66.5 Å². The van der Waals surface area contributed by atoms with Crippen LogP contribution in [0.1, 0.15) is 62.8 Å². The fourth-order valence-electron chi connectivity index (χ4n) is 5.36. The summed E-state index contributed by atoms with van der Waals surface area (Å²) in [6.07, 6.45) is 3.10. The van der Waals surface area contributed by atoms with E-state index in [2.05, 4.69) is 25.7 Å². The van der Waals surface area contributed by atoms with Crippen molar-refractivity contribution in [3.8, 4) is 17.2 Å². The Kier molecular flexibility index (Phi) is 11.8. The Bertz CT molecular complexity index is 1420. The normalized spacial score (nSPS) is 16.0. The Morgan fingerprint density at radius 3 is 2.27 bits per heavy atom. The molecule has 3 aromatic rings. The minimum Gasteiger partial charge on any atom is -0.507 e. The second-order valence-corrected chi connectivity index (χ2v) is 10.8. The molecule has 8 nitrogen and oxygen atoms in total. The number of ketones is 1. The Morgan fingerprint density at radius 2 is 1.61 bits per heavy atom. The number of aliphatic hydroxyl groups is 1. The van der Waals surface area contributed by atoms with E-state index >= 15 is 0 Å². The number of nitrogens with zero attached hydrogens (tertiary/aromatic N) is 2. The summed E-state index contributed by atoms with van der Waals surface area (Å²) < 4.78 is 17.5. The molecule has 234 valence electrons. The van der Waals surface area contributed by atoms with Crippen LogP contribution in [-0.2, 0) is 16.2 Å². The quantitative estimate of drug-likeness (QED) is 0.0857. The third-order valence-corrected chi connectivity index (χ3v) is 7.98. The van der Waals surface area contributed by atoms with E-state index in [1.807, 2.05) is 42.5 Å². The summed E-state index contributed by atoms with van der Waals surface area (Å²) in [7, 11) is 1.57. The van der Waals surface area contributed by atoms with Crippen LogP contribution in [0.25, 0.3) is 5.76 Å². The molecule has 1 heterocycles. The van der Waals surface area contributed by atoms with Crippen LogP contribution in [0.4, 0.5) is 0 Å². The molecule has 0 radical (unpaired) electrons. The van der Waals surface area contributed by atoms with Gasteiger partial charge in [-0.1, -0.05) is 70.0 Å². The molecular weight excluding hydrogens is 556 g/mol. The van der Waals surface area contributed by atoms with Gasteiger partial charge in [0.15, 0.2) is 11.5 Å². The lowest BCUT2D eigenvalue weighted by molar-refractivity contribution is -0.140. The molecule has 1 N–H and O–H groups in total. The molecule has 44 heavy (non-hydrogen) atoms. The topological polar surface area (TPSA) is 88.5 Å². The van der Waals surface area contributed by atoms with E-state index in [-0.39, 0.29) is 11.3 Å². The third kappa shape index (κ3) is 7.80. The summed E-state index contributed by atoms with van der Waals surface area (Å²) in [5.41, 5.74) is 2.17. The second-order valence-electron chi connectivity index (χ2n) is 10.8. The number of rotatable bonds is 16. The van der Waals surface area contributed by atoms with Crippen LogP contribution in [0.3, 0.4) is 0 Å². The molecule has 1 amide bonds. The van der Waals surface area contributed by atoms with Crippen molar-refractivity contribution in [1.82, 2.24) is 9.80 Å². The zero-order valence-electron chi connectivity index (χ0n) is 26.3. The van der Waals surface area contributed by atoms with Gasteiger partial charge >= 0.3 is 0 Å². The number of carbonyl (C=O) groups excluding carboxylic acids is 2. The molecule has 1 fully saturated rings. The maximum absolute atomic E-state index is 13.5. The molecule has 3 aromatic carbocycles. The SMILES string of the molecule is CCCCCOc1ccc(C2/C(=C(\O)c3ccc(OCc4ccccc4)cc3)C(=O)C(=O)N2CCN(CC)CC)cc1OC. The summed E-state index contributed by atoms with van der Waals surface area (Å²) in [5, 5.41) is 11.5. The van der Waals surface area contributed by atoms with Gasteiger partial charge in [-0.05, 0) is 67.0 Å². The van der Waals surface area contributed by atoms with Crippen LogP contribution in [0.15, 0.2) is 78.4 Å². The summed E-state index contributed by atoms with van der Waals surface area (Å²) in [4.78, 5) is 30.8. The number of methoxy groups -OCH3 is 1. The number of likely N-dealkylation sites (N-methyl/N-ethyl adjacent to an activating group) is 1. The first kappa shape index (κ1) is 32.6. The summed E-state index contributed by atoms with van der Waals surface area (Å²) in [6, 6.07) is 21.4. The minimum atomic E-state index is -0.789. The number of carbonyl (C=O) groups is 2. The highest BCUT2D eigenvalue weighted by Gasteiger charge is 2.46. The van der Waals surface area contributed by atoms with Crippen LogP contribution in [0, 0.1) is 0 Å². The molecule has 1 saturated heterocycles. The number of amides is 1. The maximum Gasteiger partial charge on any atom is 0.295 e. The Hall–Kier alpha value is -4.30. The highest BCUT2D eigenvalue weighted by Crippen LogP contribution is 2.42. The number of likely N-dealkylation sites (tertiary alicyclic amines) is 1. The molecule has 0 saturated carbocycles. The largest absolute Gasteiger partial charge is 0.507 e. The fraction of sp³-hybridized carbons (Fsp3) is 0.389. The molecule has 1 aliphatic heterocycles. The summed E-state index contributed by atoms with van der Waals surface area (Å²) in [6.45, 7) is 9.81. The number of hydrogen-bond acceptors (Lipinski definition) is 7. The molecule has 0 aromatic heterocycles. The summed E-state index contributed by atoms with van der Waals surface area (Å²) in [5.74, 6) is 0.153. The fourth-order valence-corrected chi connectivity index (χ4v) is 5.36. The van der Waals surface area contributed by atoms with Gasteiger partial charge in [-0.15, -0.1) is 0 Å². The Labute approximate surface area is 260 Å². The molecular formula is C36H44N2O6. The first-order valence-corrected chi connectivity index (χ1v) is 15.5. The number of Topliss-reactive ketones (excluding diaryl/α,β-unsaturated/α-hetero) is 1. The van der Waals surface area contributed by atoms with E-state index in [4.69, 9.17) is 14.2 Å². The molecule has 0 spiro atoms. The van der Waals surface area contributed by atoms with Crippen LogP contribution >= 0.6 is 0 Å². The zero-order chi connectivity index (χ0) is 31.5. The van der Waals surface area contributed by atoms with Gasteiger partial charge in [0.2, 0.25) is 0 Å². The average molecular weight is 601 g/mol. The molecule has 1 aliphatic rings. The number of ether oxygens (including phenoxy) is 3. The highest BCUT2D eigenvalue weighted by molar-refractivity contribution is 6.46. The van der Waals surface area contributed by atoms with Crippen molar-refractivity contribution in [2.24, 2.45) is 0 Å². The Morgan fingerprint density at radius 1 is 0.886 bits per heavy atom. The Balaban J connectivity index is 1.67. The van der Waals surface area contributed by atoms with Crippen molar-refractivity contribution in [2.75, 3.05) is 39.9 Å². The smallest absolute Gasteiger partial charge is 0.295 e. The zero-order valence-corrected chi connectivity index (χ0v) is 26.3. The van der Waals surface area contributed by atoms with Gasteiger partial charge in [-0.3, -0.25) is 9.59 Å².